The molecule has 0 saturated carbocycles. The fourth-order valence-corrected chi connectivity index (χ4v) is 4.12. The van der Waals surface area contributed by atoms with Crippen molar-refractivity contribution in [2.75, 3.05) is 23.2 Å². The van der Waals surface area contributed by atoms with E-state index in [1.807, 2.05) is 38.1 Å². The molecule has 0 aromatic heterocycles. The van der Waals surface area contributed by atoms with Gasteiger partial charge in [-0.2, -0.15) is 0 Å². The van der Waals surface area contributed by atoms with Gasteiger partial charge in [-0.3, -0.25) is 9.10 Å². The van der Waals surface area contributed by atoms with Crippen molar-refractivity contribution < 1.29 is 22.7 Å². The van der Waals surface area contributed by atoms with E-state index >= 15 is 0 Å². The first kappa shape index (κ1) is 21.0. The van der Waals surface area contributed by atoms with Crippen LogP contribution in [0, 0.1) is 6.92 Å². The number of amides is 1. The molecule has 1 amide bonds. The molecule has 29 heavy (non-hydrogen) atoms. The van der Waals surface area contributed by atoms with Crippen LogP contribution in [0.1, 0.15) is 19.4 Å². The van der Waals surface area contributed by atoms with Crippen LogP contribution in [0.4, 0.5) is 5.69 Å². The predicted octanol–water partition coefficient (Wildman–Crippen LogP) is 2.50. The third-order valence-electron chi connectivity index (χ3n) is 4.64. The number of anilines is 1. The van der Waals surface area contributed by atoms with Crippen molar-refractivity contribution in [2.24, 2.45) is 0 Å². The fraction of sp³-hybridized carbons (Fsp3) is 0.381. The van der Waals surface area contributed by atoms with E-state index in [0.29, 0.717) is 11.4 Å². The Labute approximate surface area is 171 Å². The van der Waals surface area contributed by atoms with Crippen molar-refractivity contribution in [1.29, 1.82) is 0 Å². The number of nitrogens with one attached hydrogen (secondary N) is 1. The Morgan fingerprint density at radius 2 is 1.93 bits per heavy atom. The van der Waals surface area contributed by atoms with Crippen molar-refractivity contribution in [2.45, 2.75) is 32.9 Å². The number of rotatable bonds is 7. The normalized spacial score (nSPS) is 17.1. The summed E-state index contributed by atoms with van der Waals surface area (Å²) in [5.74, 6) is 0.659. The zero-order chi connectivity index (χ0) is 21.0. The maximum Gasteiger partial charge on any atom is 0.263 e. The lowest BCUT2D eigenvalue weighted by atomic mass is 10.2. The summed E-state index contributed by atoms with van der Waals surface area (Å²) < 4.78 is 37.8. The molecule has 0 bridgehead atoms. The first-order valence-corrected chi connectivity index (χ1v) is 11.2. The summed E-state index contributed by atoms with van der Waals surface area (Å²) >= 11 is 0. The SMILES string of the molecule is CCS(=O)(=O)N1C[C@H](C(=O)N[C@H](C)COc2ccc(C)cc2)Oc2ccccc21. The molecule has 2 aromatic rings. The monoisotopic (exact) mass is 418 g/mol. The van der Waals surface area contributed by atoms with Gasteiger partial charge in [0.15, 0.2) is 6.10 Å². The van der Waals surface area contributed by atoms with Crippen LogP contribution in [0.15, 0.2) is 48.5 Å². The number of carbonyl (C=O) groups is 1. The average Bonchev–Trinajstić information content (AvgIpc) is 2.72. The Bertz CT molecular complexity index is 959. The van der Waals surface area contributed by atoms with Crippen molar-refractivity contribution in [1.82, 2.24) is 5.32 Å². The van der Waals surface area contributed by atoms with Crippen LogP contribution in [-0.4, -0.2) is 45.4 Å². The van der Waals surface area contributed by atoms with Gasteiger partial charge in [0.05, 0.1) is 24.0 Å². The maximum atomic E-state index is 12.7. The standard InChI is InChI=1S/C21H26N2O5S/c1-4-29(25,26)23-13-20(28-19-8-6-5-7-18(19)23)21(24)22-16(3)14-27-17-11-9-15(2)10-12-17/h5-12,16,20H,4,13-14H2,1-3H3,(H,22,24)/t16-,20-/m1/s1. The second kappa shape index (κ2) is 8.73. The van der Waals surface area contributed by atoms with Crippen molar-refractivity contribution in [3.63, 3.8) is 0 Å². The van der Waals surface area contributed by atoms with Crippen LogP contribution < -0.4 is 19.1 Å². The van der Waals surface area contributed by atoms with Crippen LogP contribution in [0.5, 0.6) is 11.5 Å². The van der Waals surface area contributed by atoms with Gasteiger partial charge in [0.2, 0.25) is 10.0 Å². The number of hydrogen-bond donors (Lipinski definition) is 1. The lowest BCUT2D eigenvalue weighted by Crippen LogP contribution is -2.53. The number of hydrogen-bond acceptors (Lipinski definition) is 5. The van der Waals surface area contributed by atoms with Crippen LogP contribution in [0.2, 0.25) is 0 Å². The summed E-state index contributed by atoms with van der Waals surface area (Å²) in [6, 6.07) is 14.2. The molecule has 1 heterocycles. The Morgan fingerprint density at radius 3 is 2.62 bits per heavy atom. The second-order valence-electron chi connectivity index (χ2n) is 7.04. The van der Waals surface area contributed by atoms with Gasteiger partial charge in [-0.05, 0) is 45.0 Å². The molecule has 1 aliphatic heterocycles. The molecule has 0 spiro atoms. The highest BCUT2D eigenvalue weighted by molar-refractivity contribution is 7.92. The van der Waals surface area contributed by atoms with E-state index in [1.165, 1.54) is 4.31 Å². The van der Waals surface area contributed by atoms with Gasteiger partial charge >= 0.3 is 0 Å². The third-order valence-corrected chi connectivity index (χ3v) is 6.38. The quantitative estimate of drug-likeness (QED) is 0.747. The van der Waals surface area contributed by atoms with Crippen LogP contribution in [0.3, 0.4) is 0 Å². The molecular weight excluding hydrogens is 392 g/mol. The summed E-state index contributed by atoms with van der Waals surface area (Å²) in [4.78, 5) is 12.7. The van der Waals surface area contributed by atoms with Gasteiger partial charge < -0.3 is 14.8 Å². The van der Waals surface area contributed by atoms with Gasteiger partial charge in [0.25, 0.3) is 5.91 Å². The molecular formula is C21H26N2O5S. The Balaban J connectivity index is 1.65. The van der Waals surface area contributed by atoms with Gasteiger partial charge in [0.1, 0.15) is 18.1 Å². The van der Waals surface area contributed by atoms with E-state index in [9.17, 15) is 13.2 Å². The largest absolute Gasteiger partial charge is 0.491 e. The highest BCUT2D eigenvalue weighted by atomic mass is 32.2. The number of aryl methyl sites for hydroxylation is 1. The molecule has 0 unspecified atom stereocenters. The molecule has 156 valence electrons. The first-order chi connectivity index (χ1) is 13.8. The number of sulfonamides is 1. The zero-order valence-electron chi connectivity index (χ0n) is 16.8. The predicted molar refractivity (Wildman–Crippen MR) is 112 cm³/mol. The van der Waals surface area contributed by atoms with E-state index < -0.39 is 16.1 Å². The lowest BCUT2D eigenvalue weighted by Gasteiger charge is -2.34. The molecule has 0 aliphatic carbocycles. The van der Waals surface area contributed by atoms with E-state index in [1.54, 1.807) is 31.2 Å². The summed E-state index contributed by atoms with van der Waals surface area (Å²) in [5, 5.41) is 2.84. The molecule has 8 heteroatoms. The van der Waals surface area contributed by atoms with Crippen molar-refractivity contribution in [3.8, 4) is 11.5 Å². The summed E-state index contributed by atoms with van der Waals surface area (Å²) in [6.45, 7) is 5.62. The van der Waals surface area contributed by atoms with Gasteiger partial charge in [-0.1, -0.05) is 29.8 Å². The number of ether oxygens (including phenoxy) is 2. The van der Waals surface area contributed by atoms with Crippen molar-refractivity contribution in [3.05, 3.63) is 54.1 Å². The van der Waals surface area contributed by atoms with Gasteiger partial charge in [-0.15, -0.1) is 0 Å². The highest BCUT2D eigenvalue weighted by Crippen LogP contribution is 2.35. The van der Waals surface area contributed by atoms with Crippen molar-refractivity contribution >= 4 is 21.6 Å². The Hall–Kier alpha value is -2.74. The molecule has 0 radical (unpaired) electrons. The molecule has 2 atom stereocenters. The highest BCUT2D eigenvalue weighted by Gasteiger charge is 2.36. The number of benzene rings is 2. The summed E-state index contributed by atoms with van der Waals surface area (Å²) in [5.41, 5.74) is 1.59. The molecule has 0 saturated heterocycles. The topological polar surface area (TPSA) is 84.9 Å². The van der Waals surface area contributed by atoms with Gasteiger partial charge in [0, 0.05) is 0 Å². The molecule has 1 N–H and O–H groups in total. The summed E-state index contributed by atoms with van der Waals surface area (Å²) in [6.07, 6.45) is -0.937. The second-order valence-corrected chi connectivity index (χ2v) is 9.22. The minimum atomic E-state index is -3.53. The minimum absolute atomic E-state index is 0.0591. The zero-order valence-corrected chi connectivity index (χ0v) is 17.6. The third kappa shape index (κ3) is 5.00. The van der Waals surface area contributed by atoms with E-state index in [0.717, 1.165) is 11.3 Å². The molecule has 3 rings (SSSR count). The Morgan fingerprint density at radius 1 is 1.24 bits per heavy atom. The molecule has 0 fully saturated rings. The van der Waals surface area contributed by atoms with E-state index in [-0.39, 0.29) is 30.9 Å². The van der Waals surface area contributed by atoms with Crippen LogP contribution in [-0.2, 0) is 14.8 Å². The van der Waals surface area contributed by atoms with Crippen LogP contribution in [0.25, 0.3) is 0 Å². The lowest BCUT2D eigenvalue weighted by molar-refractivity contribution is -0.128. The smallest absolute Gasteiger partial charge is 0.263 e. The molecule has 7 nitrogen and oxygen atoms in total. The summed E-state index contributed by atoms with van der Waals surface area (Å²) in [7, 11) is -3.53. The molecule has 1 aliphatic rings. The number of fused-ring (bicyclic) bond motifs is 1. The number of carbonyl (C=O) groups excluding carboxylic acids is 1. The fourth-order valence-electron chi connectivity index (χ4n) is 2.99. The van der Waals surface area contributed by atoms with Crippen LogP contribution >= 0.6 is 0 Å². The first-order valence-electron chi connectivity index (χ1n) is 9.56. The van der Waals surface area contributed by atoms with E-state index in [2.05, 4.69) is 5.32 Å². The maximum absolute atomic E-state index is 12.7. The number of nitrogens with zero attached hydrogens (tertiary/aromatic N) is 1. The Kier molecular flexibility index (Phi) is 6.32. The minimum Gasteiger partial charge on any atom is -0.491 e. The van der Waals surface area contributed by atoms with Gasteiger partial charge in [-0.25, -0.2) is 8.42 Å². The average molecular weight is 419 g/mol. The molecule has 2 aromatic carbocycles. The number of para-hydroxylation sites is 2. The van der Waals surface area contributed by atoms with E-state index in [4.69, 9.17) is 9.47 Å².